The molecule has 1 heterocycles. The fraction of sp³-hybridized carbons (Fsp3) is 0. The van der Waals surface area contributed by atoms with Crippen molar-refractivity contribution in [1.82, 2.24) is 9.55 Å². The van der Waals surface area contributed by atoms with Crippen molar-refractivity contribution >= 4 is 56.1 Å². The van der Waals surface area contributed by atoms with Gasteiger partial charge in [0.05, 0.1) is 32.3 Å². The molecule has 0 saturated carbocycles. The van der Waals surface area contributed by atoms with Crippen LogP contribution in [-0.2, 0) is 0 Å². The highest BCUT2D eigenvalue weighted by Crippen LogP contribution is 2.36. The highest BCUT2D eigenvalue weighted by molar-refractivity contribution is 9.10. The number of hydrogen-bond donors (Lipinski definition) is 1. The first-order chi connectivity index (χ1) is 10.0. The fourth-order valence-corrected chi connectivity index (χ4v) is 2.98. The van der Waals surface area contributed by atoms with Gasteiger partial charge in [-0.15, -0.1) is 0 Å². The van der Waals surface area contributed by atoms with Crippen molar-refractivity contribution in [3.05, 3.63) is 56.7 Å². The molecule has 0 aliphatic rings. The summed E-state index contributed by atoms with van der Waals surface area (Å²) >= 11 is 15.7. The SMILES string of the molecule is O=C(O)c1cccc2ncn(-c3ccc(Br)c(Cl)c3Cl)c12. The second kappa shape index (κ2) is 5.33. The molecule has 0 atom stereocenters. The molecule has 3 rings (SSSR count). The molecule has 106 valence electrons. The average Bonchev–Trinajstić information content (AvgIpc) is 2.88. The Kier molecular flexibility index (Phi) is 3.65. The number of imidazole rings is 1. The molecule has 4 nitrogen and oxygen atoms in total. The van der Waals surface area contributed by atoms with E-state index in [2.05, 4.69) is 20.9 Å². The Balaban J connectivity index is 2.37. The topological polar surface area (TPSA) is 55.1 Å². The second-order valence-electron chi connectivity index (χ2n) is 4.29. The third-order valence-corrected chi connectivity index (χ3v) is 4.83. The number of halogens is 3. The molecule has 0 saturated heterocycles. The lowest BCUT2D eigenvalue weighted by Gasteiger charge is -2.10. The number of carboxylic acids is 1. The van der Waals surface area contributed by atoms with Crippen LogP contribution in [0.5, 0.6) is 0 Å². The Bertz CT molecular complexity index is 877. The molecule has 0 aliphatic carbocycles. The number of hydrogen-bond acceptors (Lipinski definition) is 2. The molecule has 0 bridgehead atoms. The van der Waals surface area contributed by atoms with Crippen LogP contribution in [0.4, 0.5) is 0 Å². The van der Waals surface area contributed by atoms with Gasteiger partial charge in [0.25, 0.3) is 0 Å². The molecule has 0 aliphatic heterocycles. The van der Waals surface area contributed by atoms with Crippen LogP contribution in [0.25, 0.3) is 16.7 Å². The van der Waals surface area contributed by atoms with Crippen LogP contribution in [0.15, 0.2) is 41.1 Å². The van der Waals surface area contributed by atoms with E-state index < -0.39 is 5.97 Å². The molecule has 1 N–H and O–H groups in total. The van der Waals surface area contributed by atoms with Crippen molar-refractivity contribution in [3.8, 4) is 5.69 Å². The zero-order chi connectivity index (χ0) is 15.1. The minimum absolute atomic E-state index is 0.153. The summed E-state index contributed by atoms with van der Waals surface area (Å²) in [7, 11) is 0. The molecule has 7 heteroatoms. The number of nitrogens with zero attached hydrogens (tertiary/aromatic N) is 2. The Labute approximate surface area is 138 Å². The van der Waals surface area contributed by atoms with E-state index in [1.54, 1.807) is 28.8 Å². The third kappa shape index (κ3) is 2.31. The number of para-hydroxylation sites is 1. The van der Waals surface area contributed by atoms with Crippen LogP contribution in [-0.4, -0.2) is 20.6 Å². The van der Waals surface area contributed by atoms with E-state index >= 15 is 0 Å². The number of aromatic nitrogens is 2. The minimum Gasteiger partial charge on any atom is -0.478 e. The normalized spacial score (nSPS) is 11.0. The monoisotopic (exact) mass is 384 g/mol. The highest BCUT2D eigenvalue weighted by atomic mass is 79.9. The highest BCUT2D eigenvalue weighted by Gasteiger charge is 2.17. The molecular formula is C14H7BrCl2N2O2. The summed E-state index contributed by atoms with van der Waals surface area (Å²) in [6.45, 7) is 0. The van der Waals surface area contributed by atoms with Gasteiger partial charge in [-0.3, -0.25) is 4.57 Å². The molecule has 3 aromatic rings. The van der Waals surface area contributed by atoms with Gasteiger partial charge in [0.1, 0.15) is 6.33 Å². The van der Waals surface area contributed by atoms with Crippen LogP contribution < -0.4 is 0 Å². The van der Waals surface area contributed by atoms with Crippen molar-refractivity contribution < 1.29 is 9.90 Å². The Morgan fingerprint density at radius 3 is 2.67 bits per heavy atom. The smallest absolute Gasteiger partial charge is 0.337 e. The van der Waals surface area contributed by atoms with E-state index in [1.807, 2.05) is 0 Å². The predicted octanol–water partition coefficient (Wildman–Crippen LogP) is 4.79. The van der Waals surface area contributed by atoms with Gasteiger partial charge in [-0.05, 0) is 40.2 Å². The number of aromatic carboxylic acids is 1. The first kappa shape index (κ1) is 14.4. The lowest BCUT2D eigenvalue weighted by Crippen LogP contribution is -2.02. The lowest BCUT2D eigenvalue weighted by molar-refractivity contribution is 0.0698. The molecule has 0 unspecified atom stereocenters. The summed E-state index contributed by atoms with van der Waals surface area (Å²) in [5, 5.41) is 10.0. The average molecular weight is 386 g/mol. The number of benzene rings is 2. The molecule has 0 amide bonds. The fourth-order valence-electron chi connectivity index (χ4n) is 2.12. The van der Waals surface area contributed by atoms with Crippen molar-refractivity contribution in [3.63, 3.8) is 0 Å². The van der Waals surface area contributed by atoms with E-state index in [0.717, 1.165) is 0 Å². The Morgan fingerprint density at radius 1 is 1.19 bits per heavy atom. The summed E-state index contributed by atoms with van der Waals surface area (Å²) < 4.78 is 2.29. The maximum absolute atomic E-state index is 11.4. The summed E-state index contributed by atoms with van der Waals surface area (Å²) in [6, 6.07) is 8.42. The largest absolute Gasteiger partial charge is 0.478 e. The maximum atomic E-state index is 11.4. The molecule has 0 spiro atoms. The number of carboxylic acid groups (broad SMARTS) is 1. The van der Waals surface area contributed by atoms with Crippen LogP contribution in [0.3, 0.4) is 0 Å². The van der Waals surface area contributed by atoms with Crippen molar-refractivity contribution in [2.24, 2.45) is 0 Å². The third-order valence-electron chi connectivity index (χ3n) is 3.07. The number of fused-ring (bicyclic) bond motifs is 1. The number of rotatable bonds is 2. The standard InChI is InChI=1S/C14H7BrCl2N2O2/c15-8-4-5-10(12(17)11(8)16)19-6-18-9-3-1-2-7(13(9)19)14(20)21/h1-6H,(H,20,21). The van der Waals surface area contributed by atoms with E-state index in [0.29, 0.717) is 31.2 Å². The molecular weight excluding hydrogens is 379 g/mol. The first-order valence-electron chi connectivity index (χ1n) is 5.84. The number of carbonyl (C=O) groups is 1. The Hall–Kier alpha value is -1.56. The Morgan fingerprint density at radius 2 is 1.95 bits per heavy atom. The molecule has 21 heavy (non-hydrogen) atoms. The van der Waals surface area contributed by atoms with Gasteiger partial charge in [-0.25, -0.2) is 9.78 Å². The zero-order valence-electron chi connectivity index (χ0n) is 10.3. The van der Waals surface area contributed by atoms with Crippen LogP contribution in [0.2, 0.25) is 10.0 Å². The van der Waals surface area contributed by atoms with Gasteiger partial charge in [-0.1, -0.05) is 29.3 Å². The molecule has 2 aromatic carbocycles. The predicted molar refractivity (Wildman–Crippen MR) is 85.7 cm³/mol. The quantitative estimate of drug-likeness (QED) is 0.645. The lowest BCUT2D eigenvalue weighted by atomic mass is 10.2. The van der Waals surface area contributed by atoms with Gasteiger partial charge >= 0.3 is 5.97 Å². The summed E-state index contributed by atoms with van der Waals surface area (Å²) in [6.07, 6.45) is 1.53. The van der Waals surface area contributed by atoms with Gasteiger partial charge < -0.3 is 5.11 Å². The van der Waals surface area contributed by atoms with E-state index in [-0.39, 0.29) is 5.56 Å². The van der Waals surface area contributed by atoms with Crippen molar-refractivity contribution in [2.75, 3.05) is 0 Å². The summed E-state index contributed by atoms with van der Waals surface area (Å²) in [5.74, 6) is -1.03. The van der Waals surface area contributed by atoms with Gasteiger partial charge in [-0.2, -0.15) is 0 Å². The van der Waals surface area contributed by atoms with Crippen molar-refractivity contribution in [2.45, 2.75) is 0 Å². The van der Waals surface area contributed by atoms with Crippen LogP contribution in [0, 0.1) is 0 Å². The minimum atomic E-state index is -1.03. The van der Waals surface area contributed by atoms with E-state index in [1.165, 1.54) is 12.4 Å². The summed E-state index contributed by atoms with van der Waals surface area (Å²) in [5.41, 5.74) is 1.77. The van der Waals surface area contributed by atoms with E-state index in [4.69, 9.17) is 23.2 Å². The zero-order valence-corrected chi connectivity index (χ0v) is 13.4. The second-order valence-corrected chi connectivity index (χ2v) is 5.90. The first-order valence-corrected chi connectivity index (χ1v) is 7.39. The van der Waals surface area contributed by atoms with Gasteiger partial charge in [0, 0.05) is 4.47 Å². The van der Waals surface area contributed by atoms with Gasteiger partial charge in [0.15, 0.2) is 0 Å². The van der Waals surface area contributed by atoms with Crippen LogP contribution in [0.1, 0.15) is 10.4 Å². The molecule has 0 radical (unpaired) electrons. The summed E-state index contributed by atoms with van der Waals surface area (Å²) in [4.78, 5) is 15.6. The maximum Gasteiger partial charge on any atom is 0.337 e. The molecule has 1 aromatic heterocycles. The van der Waals surface area contributed by atoms with Gasteiger partial charge in [0.2, 0.25) is 0 Å². The van der Waals surface area contributed by atoms with Crippen molar-refractivity contribution in [1.29, 1.82) is 0 Å². The van der Waals surface area contributed by atoms with Crippen LogP contribution >= 0.6 is 39.1 Å². The van der Waals surface area contributed by atoms with E-state index in [9.17, 15) is 9.90 Å². The molecule has 0 fully saturated rings.